The molecular formula is C32H46O12. The van der Waals surface area contributed by atoms with Gasteiger partial charge in [0.25, 0.3) is 0 Å². The maximum absolute atomic E-state index is 12.8. The Balaban J connectivity index is 1.29. The van der Waals surface area contributed by atoms with Crippen molar-refractivity contribution in [2.24, 2.45) is 22.7 Å². The minimum Gasteiger partial charge on any atom is -0.462 e. The highest BCUT2D eigenvalue weighted by molar-refractivity contribution is 5.66. The fraction of sp³-hybridized carbons (Fsp3) is 0.812. The summed E-state index contributed by atoms with van der Waals surface area (Å²) in [5, 5.41) is 66.0. The predicted molar refractivity (Wildman–Crippen MR) is 152 cm³/mol. The number of carbonyl (C=O) groups excluding carboxylic acids is 1. The van der Waals surface area contributed by atoms with Gasteiger partial charge in [-0.25, -0.2) is 4.79 Å². The normalized spacial score (nSPS) is 50.3. The number of aliphatic hydroxyl groups excluding tert-OH is 4. The lowest BCUT2D eigenvalue weighted by Crippen LogP contribution is -2.75. The van der Waals surface area contributed by atoms with Crippen molar-refractivity contribution in [3.63, 3.8) is 0 Å². The highest BCUT2D eigenvalue weighted by Crippen LogP contribution is 2.72. The number of ether oxygens (including phenoxy) is 3. The molecule has 2 heterocycles. The Morgan fingerprint density at radius 3 is 2.43 bits per heavy atom. The van der Waals surface area contributed by atoms with E-state index in [0.29, 0.717) is 44.9 Å². The maximum atomic E-state index is 12.8. The van der Waals surface area contributed by atoms with Crippen LogP contribution >= 0.6 is 0 Å². The Hall–Kier alpha value is -1.90. The third kappa shape index (κ3) is 4.63. The first-order valence-electron chi connectivity index (χ1n) is 15.9. The van der Waals surface area contributed by atoms with E-state index in [2.05, 4.69) is 6.92 Å². The molecule has 0 spiro atoms. The minimum absolute atomic E-state index is 0.0486. The number of esters is 1. The number of aliphatic hydroxyl groups is 6. The van der Waals surface area contributed by atoms with Crippen LogP contribution in [0.3, 0.4) is 0 Å². The van der Waals surface area contributed by atoms with Gasteiger partial charge in [0.2, 0.25) is 0 Å². The van der Waals surface area contributed by atoms with Crippen LogP contribution in [0.1, 0.15) is 83.6 Å². The van der Waals surface area contributed by atoms with Gasteiger partial charge in [-0.1, -0.05) is 13.8 Å². The lowest BCUT2D eigenvalue weighted by molar-refractivity contribution is -0.330. The first-order chi connectivity index (χ1) is 20.7. The van der Waals surface area contributed by atoms with Crippen LogP contribution in [0.4, 0.5) is 0 Å². The van der Waals surface area contributed by atoms with Crippen LogP contribution in [-0.2, 0) is 19.0 Å². The van der Waals surface area contributed by atoms with Gasteiger partial charge in [0.15, 0.2) is 6.29 Å². The third-order valence-corrected chi connectivity index (χ3v) is 12.5. The van der Waals surface area contributed by atoms with Gasteiger partial charge in [-0.15, -0.1) is 0 Å². The molecule has 1 saturated heterocycles. The summed E-state index contributed by atoms with van der Waals surface area (Å²) in [7, 11) is 0. The zero-order valence-electron chi connectivity index (χ0n) is 25.5. The molecule has 0 amide bonds. The van der Waals surface area contributed by atoms with Gasteiger partial charge in [-0.2, -0.15) is 0 Å². The Labute approximate surface area is 255 Å². The van der Waals surface area contributed by atoms with Gasteiger partial charge in [0, 0.05) is 30.7 Å². The molecule has 6 N–H and O–H groups in total. The van der Waals surface area contributed by atoms with Crippen LogP contribution in [-0.4, -0.2) is 97.3 Å². The first-order valence-corrected chi connectivity index (χ1v) is 15.9. The van der Waals surface area contributed by atoms with Crippen LogP contribution in [0, 0.1) is 22.7 Å². The fourth-order valence-corrected chi connectivity index (χ4v) is 10.2. The topological polar surface area (TPSA) is 196 Å². The van der Waals surface area contributed by atoms with E-state index in [-0.39, 0.29) is 24.2 Å². The van der Waals surface area contributed by atoms with Crippen LogP contribution in [0.5, 0.6) is 0 Å². The molecular weight excluding hydrogens is 576 g/mol. The molecule has 1 aromatic heterocycles. The summed E-state index contributed by atoms with van der Waals surface area (Å²) in [6.07, 6.45) is -2.89. The van der Waals surface area contributed by atoms with Gasteiger partial charge in [0.05, 0.1) is 24.6 Å². The van der Waals surface area contributed by atoms with Crippen LogP contribution < -0.4 is 5.63 Å². The van der Waals surface area contributed by atoms with E-state index < -0.39 is 83.1 Å². The molecule has 44 heavy (non-hydrogen) atoms. The van der Waals surface area contributed by atoms with E-state index in [1.54, 1.807) is 6.07 Å². The molecule has 14 atom stereocenters. The Morgan fingerprint density at radius 1 is 1.02 bits per heavy atom. The maximum Gasteiger partial charge on any atom is 0.335 e. The average Bonchev–Trinajstić information content (AvgIpc) is 3.26. The van der Waals surface area contributed by atoms with E-state index in [0.717, 1.165) is 5.56 Å². The van der Waals surface area contributed by atoms with Crippen LogP contribution in [0.2, 0.25) is 0 Å². The highest BCUT2D eigenvalue weighted by atomic mass is 16.7. The van der Waals surface area contributed by atoms with E-state index in [1.165, 1.54) is 19.3 Å². The van der Waals surface area contributed by atoms with E-state index >= 15 is 0 Å². The molecule has 1 aliphatic heterocycles. The molecule has 5 aliphatic rings. The summed E-state index contributed by atoms with van der Waals surface area (Å²) < 4.78 is 22.8. The molecule has 0 unspecified atom stereocenters. The van der Waals surface area contributed by atoms with E-state index in [9.17, 15) is 40.2 Å². The van der Waals surface area contributed by atoms with Crippen molar-refractivity contribution < 1.29 is 54.1 Å². The molecule has 12 nitrogen and oxygen atoms in total. The molecule has 1 aromatic rings. The zero-order valence-corrected chi connectivity index (χ0v) is 25.5. The molecule has 5 fully saturated rings. The van der Waals surface area contributed by atoms with Crippen molar-refractivity contribution in [3.8, 4) is 0 Å². The summed E-state index contributed by atoms with van der Waals surface area (Å²) in [5.41, 5.74) is -3.92. The molecule has 0 bridgehead atoms. The van der Waals surface area contributed by atoms with Crippen molar-refractivity contribution in [2.75, 3.05) is 6.61 Å². The third-order valence-electron chi connectivity index (χ3n) is 12.5. The summed E-state index contributed by atoms with van der Waals surface area (Å²) in [6, 6.07) is 3.12. The minimum atomic E-state index is -1.56. The van der Waals surface area contributed by atoms with Gasteiger partial charge in [-0.3, -0.25) is 4.79 Å². The van der Waals surface area contributed by atoms with Crippen molar-refractivity contribution in [1.29, 1.82) is 0 Å². The Morgan fingerprint density at radius 2 is 1.77 bits per heavy atom. The standard InChI is InChI=1S/C32H46O12/c1-16(34)42-21-13-31(39)23(8-10-30(3)19(7-11-32(30,31)40)17-4-5-24(35)41-15-17)29(2)9-6-18(12-20(21)29)43-28-27(38)26(37)25(36)22(14-33)44-28/h4-5,15,18-23,25-28,33,36-40H,6-14H2,1-3H3/t18-,19+,20+,21+,22+,23+,25+,26-,27+,28+,29-,30+,31-,32+/m0/s1. The lowest BCUT2D eigenvalue weighted by atomic mass is 9.40. The number of carbonyl (C=O) groups is 1. The second kappa shape index (κ2) is 11.1. The lowest BCUT2D eigenvalue weighted by Gasteiger charge is -2.68. The molecule has 12 heteroatoms. The quantitative estimate of drug-likeness (QED) is 0.199. The van der Waals surface area contributed by atoms with Crippen molar-refractivity contribution in [3.05, 3.63) is 34.4 Å². The molecule has 0 radical (unpaired) electrons. The second-order valence-electron chi connectivity index (χ2n) is 14.5. The van der Waals surface area contributed by atoms with Crippen molar-refractivity contribution in [2.45, 2.75) is 132 Å². The second-order valence-corrected chi connectivity index (χ2v) is 14.5. The number of hydrogen-bond acceptors (Lipinski definition) is 12. The van der Waals surface area contributed by atoms with Gasteiger partial charge >= 0.3 is 11.6 Å². The Bertz CT molecular complexity index is 1280. The van der Waals surface area contributed by atoms with Crippen LogP contribution in [0.25, 0.3) is 0 Å². The highest BCUT2D eigenvalue weighted by Gasteiger charge is 2.75. The predicted octanol–water partition coefficient (Wildman–Crippen LogP) is 0.723. The summed E-state index contributed by atoms with van der Waals surface area (Å²) >= 11 is 0. The fourth-order valence-electron chi connectivity index (χ4n) is 10.2. The van der Waals surface area contributed by atoms with Crippen LogP contribution in [0.15, 0.2) is 27.6 Å². The number of fused-ring (bicyclic) bond motifs is 5. The largest absolute Gasteiger partial charge is 0.462 e. The zero-order chi connectivity index (χ0) is 31.8. The first kappa shape index (κ1) is 32.1. The summed E-state index contributed by atoms with van der Waals surface area (Å²) in [6.45, 7) is 4.86. The molecule has 4 aliphatic carbocycles. The van der Waals surface area contributed by atoms with E-state index in [4.69, 9.17) is 18.6 Å². The Kier molecular flexibility index (Phi) is 8.10. The van der Waals surface area contributed by atoms with Gasteiger partial charge < -0.3 is 49.3 Å². The molecule has 0 aromatic carbocycles. The van der Waals surface area contributed by atoms with Gasteiger partial charge in [0.1, 0.15) is 36.1 Å². The SMILES string of the molecule is CC(=O)O[C@@H]1C[C@]2(O)[C@H](CC[C@]3(C)[C@@H](c4ccc(=O)oc4)CC[C@@]32O)[C@@]2(C)CC[C@H](O[C@@H]3O[C@H](CO)[C@@H](O)[C@H](O)[C@H]3O)C[C@H]12. The molecule has 4 saturated carbocycles. The van der Waals surface area contributed by atoms with E-state index in [1.807, 2.05) is 6.92 Å². The molecule has 246 valence electrons. The van der Waals surface area contributed by atoms with Crippen molar-refractivity contribution >= 4 is 5.97 Å². The van der Waals surface area contributed by atoms with Crippen molar-refractivity contribution in [1.82, 2.24) is 0 Å². The summed E-state index contributed by atoms with van der Waals surface area (Å²) in [4.78, 5) is 24.1. The average molecular weight is 623 g/mol. The number of hydrogen-bond donors (Lipinski definition) is 6. The summed E-state index contributed by atoms with van der Waals surface area (Å²) in [5.74, 6) is -1.17. The monoisotopic (exact) mass is 622 g/mol. The van der Waals surface area contributed by atoms with Gasteiger partial charge in [-0.05, 0) is 73.8 Å². The smallest absolute Gasteiger partial charge is 0.335 e. The molecule has 6 rings (SSSR count). The number of rotatable bonds is 5.